The van der Waals surface area contributed by atoms with E-state index >= 15 is 0 Å². The molecule has 0 bridgehead atoms. The van der Waals surface area contributed by atoms with Crippen LogP contribution in [0, 0.1) is 11.8 Å². The van der Waals surface area contributed by atoms with Crippen LogP contribution in [0.3, 0.4) is 0 Å². The molecule has 138 valence electrons. The molecule has 2 heterocycles. The summed E-state index contributed by atoms with van der Waals surface area (Å²) >= 11 is 0. The standard InChI is InChI=1S/C18H32N2O4/c1-19(15-11-24-12-16(21)17(15)22)10-13-6-8-20(9-7-13)18(23)14-4-2-3-5-14/h13-17,21-22H,2-12H2,1H3/t15-,16-,17+/m1/s1. The zero-order valence-electron chi connectivity index (χ0n) is 14.8. The van der Waals surface area contributed by atoms with Gasteiger partial charge in [0.2, 0.25) is 5.91 Å². The highest BCUT2D eigenvalue weighted by Crippen LogP contribution is 2.29. The van der Waals surface area contributed by atoms with E-state index < -0.39 is 12.2 Å². The summed E-state index contributed by atoms with van der Waals surface area (Å²) in [5.41, 5.74) is 0. The van der Waals surface area contributed by atoms with Gasteiger partial charge in [0.15, 0.2) is 0 Å². The van der Waals surface area contributed by atoms with Crippen LogP contribution in [-0.4, -0.2) is 84.1 Å². The Bertz CT molecular complexity index is 419. The molecule has 6 nitrogen and oxygen atoms in total. The van der Waals surface area contributed by atoms with Crippen molar-refractivity contribution in [3.8, 4) is 0 Å². The third-order valence-corrected chi connectivity index (χ3v) is 6.11. The number of carbonyl (C=O) groups is 1. The van der Waals surface area contributed by atoms with E-state index in [1.807, 2.05) is 7.05 Å². The smallest absolute Gasteiger partial charge is 0.225 e. The summed E-state index contributed by atoms with van der Waals surface area (Å²) in [6.07, 6.45) is 5.06. The Morgan fingerprint density at radius 3 is 2.46 bits per heavy atom. The summed E-state index contributed by atoms with van der Waals surface area (Å²) in [6, 6.07) is -0.146. The largest absolute Gasteiger partial charge is 0.389 e. The van der Waals surface area contributed by atoms with Crippen molar-refractivity contribution in [3.05, 3.63) is 0 Å². The third-order valence-electron chi connectivity index (χ3n) is 6.11. The Kier molecular flexibility index (Phi) is 6.13. The Morgan fingerprint density at radius 1 is 1.12 bits per heavy atom. The first-order chi connectivity index (χ1) is 11.6. The molecule has 0 radical (unpaired) electrons. The molecule has 0 unspecified atom stereocenters. The molecule has 0 aromatic carbocycles. The molecule has 2 saturated heterocycles. The van der Waals surface area contributed by atoms with Gasteiger partial charge in [-0.3, -0.25) is 9.69 Å². The molecular formula is C18H32N2O4. The minimum atomic E-state index is -0.794. The number of likely N-dealkylation sites (N-methyl/N-ethyl adjacent to an activating group) is 1. The number of piperidine rings is 1. The van der Waals surface area contributed by atoms with Crippen LogP contribution >= 0.6 is 0 Å². The van der Waals surface area contributed by atoms with Gasteiger partial charge in [0, 0.05) is 25.6 Å². The van der Waals surface area contributed by atoms with Crippen molar-refractivity contribution in [2.24, 2.45) is 11.8 Å². The lowest BCUT2D eigenvalue weighted by atomic mass is 9.93. The van der Waals surface area contributed by atoms with Gasteiger partial charge in [-0.1, -0.05) is 12.8 Å². The molecule has 0 aromatic rings. The van der Waals surface area contributed by atoms with E-state index in [2.05, 4.69) is 9.80 Å². The summed E-state index contributed by atoms with van der Waals surface area (Å²) in [6.45, 7) is 3.28. The van der Waals surface area contributed by atoms with E-state index in [0.717, 1.165) is 45.3 Å². The fraction of sp³-hybridized carbons (Fsp3) is 0.944. The van der Waals surface area contributed by atoms with E-state index in [9.17, 15) is 15.0 Å². The molecule has 24 heavy (non-hydrogen) atoms. The van der Waals surface area contributed by atoms with Crippen LogP contribution in [-0.2, 0) is 9.53 Å². The van der Waals surface area contributed by atoms with Gasteiger partial charge in [-0.25, -0.2) is 0 Å². The Labute approximate surface area is 144 Å². The first-order valence-corrected chi connectivity index (χ1v) is 9.49. The summed E-state index contributed by atoms with van der Waals surface area (Å²) < 4.78 is 5.38. The van der Waals surface area contributed by atoms with E-state index in [1.165, 1.54) is 12.8 Å². The maximum atomic E-state index is 12.5. The second kappa shape index (κ2) is 8.13. The van der Waals surface area contributed by atoms with Crippen LogP contribution in [0.4, 0.5) is 0 Å². The van der Waals surface area contributed by atoms with Crippen LogP contribution in [0.15, 0.2) is 0 Å². The fourth-order valence-electron chi connectivity index (χ4n) is 4.46. The highest BCUT2D eigenvalue weighted by atomic mass is 16.5. The summed E-state index contributed by atoms with van der Waals surface area (Å²) in [4.78, 5) is 16.7. The van der Waals surface area contributed by atoms with Crippen molar-refractivity contribution in [3.63, 3.8) is 0 Å². The molecule has 6 heteroatoms. The van der Waals surface area contributed by atoms with Gasteiger partial charge in [0.25, 0.3) is 0 Å². The van der Waals surface area contributed by atoms with Gasteiger partial charge >= 0.3 is 0 Å². The number of likely N-dealkylation sites (tertiary alicyclic amines) is 1. The Hall–Kier alpha value is -0.690. The highest BCUT2D eigenvalue weighted by molar-refractivity contribution is 5.79. The zero-order valence-corrected chi connectivity index (χ0v) is 14.8. The maximum Gasteiger partial charge on any atom is 0.225 e. The van der Waals surface area contributed by atoms with E-state index in [0.29, 0.717) is 18.4 Å². The molecule has 1 aliphatic carbocycles. The van der Waals surface area contributed by atoms with Gasteiger partial charge in [-0.05, 0) is 38.6 Å². The average molecular weight is 340 g/mol. The first kappa shape index (κ1) is 18.1. The monoisotopic (exact) mass is 340 g/mol. The van der Waals surface area contributed by atoms with Crippen LogP contribution in [0.5, 0.6) is 0 Å². The molecule has 1 saturated carbocycles. The van der Waals surface area contributed by atoms with Gasteiger partial charge in [0.05, 0.1) is 25.4 Å². The van der Waals surface area contributed by atoms with Gasteiger partial charge in [0.1, 0.15) is 6.10 Å². The molecule has 2 N–H and O–H groups in total. The number of nitrogens with zero attached hydrogens (tertiary/aromatic N) is 2. The highest BCUT2D eigenvalue weighted by Gasteiger charge is 2.35. The SMILES string of the molecule is CN(CC1CCN(C(=O)C2CCCC2)CC1)[C@@H]1COC[C@@H](O)[C@H]1O. The minimum absolute atomic E-state index is 0.146. The average Bonchev–Trinajstić information content (AvgIpc) is 3.12. The number of hydrogen-bond donors (Lipinski definition) is 2. The summed E-state index contributed by atoms with van der Waals surface area (Å²) in [5, 5.41) is 19.9. The topological polar surface area (TPSA) is 73.2 Å². The Balaban J connectivity index is 1.44. The fourth-order valence-corrected chi connectivity index (χ4v) is 4.46. The second-order valence-electron chi connectivity index (χ2n) is 7.85. The molecule has 3 atom stereocenters. The lowest BCUT2D eigenvalue weighted by Crippen LogP contribution is -2.56. The Morgan fingerprint density at radius 2 is 1.79 bits per heavy atom. The molecule has 3 aliphatic rings. The van der Waals surface area contributed by atoms with Crippen LogP contribution in [0.2, 0.25) is 0 Å². The van der Waals surface area contributed by atoms with Gasteiger partial charge in [-0.2, -0.15) is 0 Å². The molecule has 0 spiro atoms. The zero-order chi connectivity index (χ0) is 17.1. The normalized spacial score (nSPS) is 33.3. The lowest BCUT2D eigenvalue weighted by Gasteiger charge is -2.40. The van der Waals surface area contributed by atoms with E-state index in [1.54, 1.807) is 0 Å². The lowest BCUT2D eigenvalue weighted by molar-refractivity contribution is -0.138. The minimum Gasteiger partial charge on any atom is -0.389 e. The molecule has 1 amide bonds. The van der Waals surface area contributed by atoms with Crippen molar-refractivity contribution in [1.29, 1.82) is 0 Å². The second-order valence-corrected chi connectivity index (χ2v) is 7.85. The third kappa shape index (κ3) is 4.10. The number of aliphatic hydroxyl groups is 2. The maximum absolute atomic E-state index is 12.5. The van der Waals surface area contributed by atoms with Crippen molar-refractivity contribution in [2.45, 2.75) is 56.8 Å². The molecule has 3 rings (SSSR count). The molecule has 3 fully saturated rings. The molecule has 2 aliphatic heterocycles. The molecular weight excluding hydrogens is 308 g/mol. The van der Waals surface area contributed by atoms with Crippen molar-refractivity contribution in [2.75, 3.05) is 39.9 Å². The van der Waals surface area contributed by atoms with E-state index in [4.69, 9.17) is 4.74 Å². The predicted molar refractivity (Wildman–Crippen MR) is 90.5 cm³/mol. The number of hydrogen-bond acceptors (Lipinski definition) is 5. The van der Waals surface area contributed by atoms with Crippen LogP contribution < -0.4 is 0 Å². The van der Waals surface area contributed by atoms with Crippen molar-refractivity contribution < 1.29 is 19.7 Å². The number of carbonyl (C=O) groups excluding carboxylic acids is 1. The van der Waals surface area contributed by atoms with Crippen LogP contribution in [0.1, 0.15) is 38.5 Å². The van der Waals surface area contributed by atoms with Crippen LogP contribution in [0.25, 0.3) is 0 Å². The number of rotatable bonds is 4. The van der Waals surface area contributed by atoms with Gasteiger partial charge in [-0.15, -0.1) is 0 Å². The van der Waals surface area contributed by atoms with Crippen molar-refractivity contribution >= 4 is 5.91 Å². The summed E-state index contributed by atoms with van der Waals surface area (Å²) in [7, 11) is 1.99. The number of aliphatic hydroxyl groups excluding tert-OH is 2. The first-order valence-electron chi connectivity index (χ1n) is 9.49. The molecule has 0 aromatic heterocycles. The number of ether oxygens (including phenoxy) is 1. The van der Waals surface area contributed by atoms with E-state index in [-0.39, 0.29) is 18.6 Å². The van der Waals surface area contributed by atoms with Crippen molar-refractivity contribution in [1.82, 2.24) is 9.80 Å². The number of amides is 1. The predicted octanol–water partition coefficient (Wildman–Crippen LogP) is 0.468. The quantitative estimate of drug-likeness (QED) is 0.778. The van der Waals surface area contributed by atoms with Gasteiger partial charge < -0.3 is 19.8 Å². The summed E-state index contributed by atoms with van der Waals surface area (Å²) in [5.74, 6) is 1.19.